The van der Waals surface area contributed by atoms with Crippen LogP contribution in [0, 0.1) is 0 Å². The van der Waals surface area contributed by atoms with Crippen molar-refractivity contribution in [3.8, 4) is 11.1 Å². The van der Waals surface area contributed by atoms with Crippen LogP contribution in [0.1, 0.15) is 36.7 Å². The molecular formula is C23H23NO. The van der Waals surface area contributed by atoms with Gasteiger partial charge in [-0.2, -0.15) is 0 Å². The number of amides is 1. The lowest BCUT2D eigenvalue weighted by molar-refractivity contribution is 0.102. The van der Waals surface area contributed by atoms with Crippen LogP contribution < -0.4 is 5.32 Å². The van der Waals surface area contributed by atoms with Gasteiger partial charge in [-0.3, -0.25) is 4.79 Å². The topological polar surface area (TPSA) is 29.1 Å². The molecule has 3 aromatic rings. The van der Waals surface area contributed by atoms with E-state index < -0.39 is 0 Å². The Balaban J connectivity index is 1.85. The standard InChI is InChI=1S/C23H23NO/c1-23(2,3)19-15-13-18(14-16-19)22(25)24-21-12-8-7-11-20(21)17-9-5-4-6-10-17/h4-16H,1-3H3,(H,24,25). The molecule has 0 spiro atoms. The van der Waals surface area contributed by atoms with Gasteiger partial charge in [0.1, 0.15) is 0 Å². The van der Waals surface area contributed by atoms with E-state index in [0.29, 0.717) is 5.56 Å². The molecule has 0 aliphatic heterocycles. The summed E-state index contributed by atoms with van der Waals surface area (Å²) in [6.07, 6.45) is 0. The molecule has 0 aliphatic carbocycles. The molecule has 2 heteroatoms. The third kappa shape index (κ3) is 3.97. The maximum absolute atomic E-state index is 12.6. The van der Waals surface area contributed by atoms with E-state index in [4.69, 9.17) is 0 Å². The fourth-order valence-electron chi connectivity index (χ4n) is 2.78. The van der Waals surface area contributed by atoms with Crippen molar-refractivity contribution in [2.75, 3.05) is 5.32 Å². The van der Waals surface area contributed by atoms with Crippen molar-refractivity contribution in [2.45, 2.75) is 26.2 Å². The van der Waals surface area contributed by atoms with Crippen LogP contribution in [-0.4, -0.2) is 5.91 Å². The van der Waals surface area contributed by atoms with Gasteiger partial charge in [0.2, 0.25) is 0 Å². The Morgan fingerprint density at radius 1 is 0.760 bits per heavy atom. The maximum Gasteiger partial charge on any atom is 0.255 e. The Morgan fingerprint density at radius 2 is 1.36 bits per heavy atom. The summed E-state index contributed by atoms with van der Waals surface area (Å²) in [4.78, 5) is 12.6. The summed E-state index contributed by atoms with van der Waals surface area (Å²) in [6, 6.07) is 25.8. The Morgan fingerprint density at radius 3 is 2.00 bits per heavy atom. The first-order valence-corrected chi connectivity index (χ1v) is 8.51. The van der Waals surface area contributed by atoms with Gasteiger partial charge < -0.3 is 5.32 Å². The summed E-state index contributed by atoms with van der Waals surface area (Å²) in [6.45, 7) is 6.49. The fraction of sp³-hybridized carbons (Fsp3) is 0.174. The van der Waals surface area contributed by atoms with Gasteiger partial charge in [-0.05, 0) is 34.7 Å². The molecule has 0 heterocycles. The molecule has 3 rings (SSSR count). The second-order valence-electron chi connectivity index (χ2n) is 7.19. The quantitative estimate of drug-likeness (QED) is 0.636. The minimum atomic E-state index is -0.0937. The van der Waals surface area contributed by atoms with Crippen LogP contribution in [0.4, 0.5) is 5.69 Å². The molecule has 0 fully saturated rings. The SMILES string of the molecule is CC(C)(C)c1ccc(C(=O)Nc2ccccc2-c2ccccc2)cc1. The number of benzene rings is 3. The molecule has 0 bridgehead atoms. The monoisotopic (exact) mass is 329 g/mol. The number of hydrogen-bond donors (Lipinski definition) is 1. The van der Waals surface area contributed by atoms with Crippen LogP contribution >= 0.6 is 0 Å². The summed E-state index contributed by atoms with van der Waals surface area (Å²) < 4.78 is 0. The van der Waals surface area contributed by atoms with Gasteiger partial charge in [-0.25, -0.2) is 0 Å². The minimum absolute atomic E-state index is 0.0783. The molecule has 0 aromatic heterocycles. The second kappa shape index (κ2) is 6.94. The Bertz CT molecular complexity index is 859. The zero-order chi connectivity index (χ0) is 17.9. The normalized spacial score (nSPS) is 11.2. The third-order valence-electron chi connectivity index (χ3n) is 4.27. The highest BCUT2D eigenvalue weighted by Crippen LogP contribution is 2.28. The van der Waals surface area contributed by atoms with E-state index in [1.807, 2.05) is 78.9 Å². The summed E-state index contributed by atoms with van der Waals surface area (Å²) in [5.41, 5.74) is 4.88. The summed E-state index contributed by atoms with van der Waals surface area (Å²) in [5.74, 6) is -0.0937. The van der Waals surface area contributed by atoms with E-state index in [1.165, 1.54) is 5.56 Å². The highest BCUT2D eigenvalue weighted by Gasteiger charge is 2.15. The van der Waals surface area contributed by atoms with Gasteiger partial charge in [-0.1, -0.05) is 81.4 Å². The second-order valence-corrected chi connectivity index (χ2v) is 7.19. The number of nitrogens with one attached hydrogen (secondary N) is 1. The summed E-state index contributed by atoms with van der Waals surface area (Å²) >= 11 is 0. The minimum Gasteiger partial charge on any atom is -0.321 e. The number of hydrogen-bond acceptors (Lipinski definition) is 1. The summed E-state index contributed by atoms with van der Waals surface area (Å²) in [5, 5.41) is 3.04. The van der Waals surface area contributed by atoms with Gasteiger partial charge in [0.25, 0.3) is 5.91 Å². The van der Waals surface area contributed by atoms with Gasteiger partial charge in [-0.15, -0.1) is 0 Å². The molecule has 3 aromatic carbocycles. The fourth-order valence-corrected chi connectivity index (χ4v) is 2.78. The van der Waals surface area contributed by atoms with Crippen molar-refractivity contribution in [1.29, 1.82) is 0 Å². The first-order chi connectivity index (χ1) is 11.9. The van der Waals surface area contributed by atoms with Crippen molar-refractivity contribution < 1.29 is 4.79 Å². The molecule has 0 saturated carbocycles. The van der Waals surface area contributed by atoms with E-state index >= 15 is 0 Å². The van der Waals surface area contributed by atoms with Crippen molar-refractivity contribution in [1.82, 2.24) is 0 Å². The number of carbonyl (C=O) groups is 1. The van der Waals surface area contributed by atoms with Crippen molar-refractivity contribution in [3.63, 3.8) is 0 Å². The van der Waals surface area contributed by atoms with Gasteiger partial charge in [0, 0.05) is 16.8 Å². The molecule has 0 saturated heterocycles. The molecule has 0 atom stereocenters. The van der Waals surface area contributed by atoms with Crippen LogP contribution in [-0.2, 0) is 5.41 Å². The molecule has 126 valence electrons. The van der Waals surface area contributed by atoms with Gasteiger partial charge >= 0.3 is 0 Å². The van der Waals surface area contributed by atoms with E-state index in [9.17, 15) is 4.79 Å². The zero-order valence-electron chi connectivity index (χ0n) is 14.9. The molecule has 1 amide bonds. The average molecular weight is 329 g/mol. The van der Waals surface area contributed by atoms with Crippen LogP contribution in [0.2, 0.25) is 0 Å². The predicted molar refractivity (Wildman–Crippen MR) is 105 cm³/mol. The van der Waals surface area contributed by atoms with E-state index in [1.54, 1.807) is 0 Å². The Kier molecular flexibility index (Phi) is 4.71. The van der Waals surface area contributed by atoms with Crippen LogP contribution in [0.5, 0.6) is 0 Å². The van der Waals surface area contributed by atoms with Crippen LogP contribution in [0.25, 0.3) is 11.1 Å². The lowest BCUT2D eigenvalue weighted by Gasteiger charge is -2.19. The Hall–Kier alpha value is -2.87. The van der Waals surface area contributed by atoms with Crippen molar-refractivity contribution in [2.24, 2.45) is 0 Å². The first-order valence-electron chi connectivity index (χ1n) is 8.51. The van der Waals surface area contributed by atoms with E-state index in [0.717, 1.165) is 16.8 Å². The summed E-state index contributed by atoms with van der Waals surface area (Å²) in [7, 11) is 0. The molecular weight excluding hydrogens is 306 g/mol. The maximum atomic E-state index is 12.6. The van der Waals surface area contributed by atoms with Crippen LogP contribution in [0.3, 0.4) is 0 Å². The highest BCUT2D eigenvalue weighted by atomic mass is 16.1. The first kappa shape index (κ1) is 17.0. The molecule has 0 unspecified atom stereocenters. The third-order valence-corrected chi connectivity index (χ3v) is 4.27. The number of carbonyl (C=O) groups excluding carboxylic acids is 1. The number of anilines is 1. The zero-order valence-corrected chi connectivity index (χ0v) is 14.9. The largest absolute Gasteiger partial charge is 0.321 e. The van der Waals surface area contributed by atoms with Gasteiger partial charge in [0.05, 0.1) is 0 Å². The van der Waals surface area contributed by atoms with Gasteiger partial charge in [0.15, 0.2) is 0 Å². The lowest BCUT2D eigenvalue weighted by atomic mass is 9.86. The lowest BCUT2D eigenvalue weighted by Crippen LogP contribution is -2.14. The van der Waals surface area contributed by atoms with E-state index in [2.05, 4.69) is 26.1 Å². The average Bonchev–Trinajstić information content (AvgIpc) is 2.62. The van der Waals surface area contributed by atoms with Crippen molar-refractivity contribution in [3.05, 3.63) is 90.0 Å². The molecule has 1 N–H and O–H groups in total. The van der Waals surface area contributed by atoms with E-state index in [-0.39, 0.29) is 11.3 Å². The molecule has 0 radical (unpaired) electrons. The van der Waals surface area contributed by atoms with Crippen LogP contribution in [0.15, 0.2) is 78.9 Å². The number of para-hydroxylation sites is 1. The smallest absolute Gasteiger partial charge is 0.255 e. The van der Waals surface area contributed by atoms with Crippen molar-refractivity contribution >= 4 is 11.6 Å². The molecule has 0 aliphatic rings. The Labute approximate surface area is 149 Å². The predicted octanol–water partition coefficient (Wildman–Crippen LogP) is 5.90. The number of rotatable bonds is 3. The highest BCUT2D eigenvalue weighted by molar-refractivity contribution is 6.06. The molecule has 25 heavy (non-hydrogen) atoms. The molecule has 2 nitrogen and oxygen atoms in total.